The minimum Gasteiger partial charge on any atom is -0.449 e. The second-order valence-electron chi connectivity index (χ2n) is 6.19. The van der Waals surface area contributed by atoms with Crippen molar-refractivity contribution in [3.05, 3.63) is 64.6 Å². The highest BCUT2D eigenvalue weighted by Gasteiger charge is 2.35. The molecule has 0 unspecified atom stereocenters. The summed E-state index contributed by atoms with van der Waals surface area (Å²) in [5, 5.41) is 1.42. The second-order valence-corrected chi connectivity index (χ2v) is 6.60. The molecule has 5 heteroatoms. The Morgan fingerprint density at radius 3 is 2.71 bits per heavy atom. The number of pyridine rings is 1. The molecule has 0 atom stereocenters. The van der Waals surface area contributed by atoms with Gasteiger partial charge in [-0.2, -0.15) is 0 Å². The van der Waals surface area contributed by atoms with Gasteiger partial charge in [0.2, 0.25) is 0 Å². The van der Waals surface area contributed by atoms with Gasteiger partial charge in [0.25, 0.3) is 5.91 Å². The van der Waals surface area contributed by atoms with E-state index in [0.717, 1.165) is 29.4 Å². The molecule has 2 heterocycles. The topological polar surface area (TPSA) is 46.3 Å². The van der Waals surface area contributed by atoms with Crippen LogP contribution in [0.15, 0.2) is 47.1 Å². The molecule has 1 aromatic carbocycles. The second kappa shape index (κ2) is 5.95. The number of benzene rings is 1. The van der Waals surface area contributed by atoms with Gasteiger partial charge < -0.3 is 9.32 Å². The minimum absolute atomic E-state index is 0.0703. The molecule has 0 aliphatic heterocycles. The molecule has 4 nitrogen and oxygen atoms in total. The van der Waals surface area contributed by atoms with E-state index in [1.165, 1.54) is 0 Å². The molecule has 0 N–H and O–H groups in total. The molecule has 1 aliphatic rings. The van der Waals surface area contributed by atoms with Gasteiger partial charge in [-0.05, 0) is 43.5 Å². The molecule has 0 radical (unpaired) electrons. The maximum absolute atomic E-state index is 13.1. The zero-order chi connectivity index (χ0) is 16.7. The maximum Gasteiger partial charge on any atom is 0.290 e. The third-order valence-electron chi connectivity index (χ3n) is 4.46. The van der Waals surface area contributed by atoms with Gasteiger partial charge in [0.1, 0.15) is 0 Å². The summed E-state index contributed by atoms with van der Waals surface area (Å²) in [5.74, 6) is 0.318. The highest BCUT2D eigenvalue weighted by molar-refractivity contribution is 6.35. The summed E-state index contributed by atoms with van der Waals surface area (Å²) < 4.78 is 5.85. The number of para-hydroxylation sites is 1. The third kappa shape index (κ3) is 2.67. The normalized spacial score (nSPS) is 14.1. The van der Waals surface area contributed by atoms with Crippen LogP contribution >= 0.6 is 11.6 Å². The van der Waals surface area contributed by atoms with E-state index in [2.05, 4.69) is 4.98 Å². The SMILES string of the molecule is Cc1c(C(=O)N(Cc2ccncc2)C2CC2)oc2c(Cl)cccc12. The Kier molecular flexibility index (Phi) is 3.77. The molecule has 1 aliphatic carbocycles. The number of hydrogen-bond donors (Lipinski definition) is 0. The van der Waals surface area contributed by atoms with Crippen molar-refractivity contribution in [3.8, 4) is 0 Å². The van der Waals surface area contributed by atoms with Crippen LogP contribution in [0.25, 0.3) is 11.0 Å². The van der Waals surface area contributed by atoms with Crippen LogP contribution in [-0.2, 0) is 6.54 Å². The fraction of sp³-hybridized carbons (Fsp3) is 0.263. The molecule has 122 valence electrons. The lowest BCUT2D eigenvalue weighted by Crippen LogP contribution is -2.32. The van der Waals surface area contributed by atoms with Crippen LogP contribution in [0.2, 0.25) is 5.02 Å². The molecule has 0 bridgehead atoms. The van der Waals surface area contributed by atoms with Crippen LogP contribution < -0.4 is 0 Å². The summed E-state index contributed by atoms with van der Waals surface area (Å²) in [5.41, 5.74) is 2.49. The highest BCUT2D eigenvalue weighted by Crippen LogP contribution is 2.34. The Morgan fingerprint density at radius 1 is 1.29 bits per heavy atom. The number of carbonyl (C=O) groups excluding carboxylic acids is 1. The Morgan fingerprint density at radius 2 is 2.04 bits per heavy atom. The number of halogens is 1. The van der Waals surface area contributed by atoms with Crippen molar-refractivity contribution in [2.24, 2.45) is 0 Å². The number of hydrogen-bond acceptors (Lipinski definition) is 3. The van der Waals surface area contributed by atoms with Crippen molar-refractivity contribution in [2.75, 3.05) is 0 Å². The molecular weight excluding hydrogens is 324 g/mol. The summed E-state index contributed by atoms with van der Waals surface area (Å²) in [4.78, 5) is 19.0. The molecule has 1 fully saturated rings. The fourth-order valence-electron chi connectivity index (χ4n) is 2.98. The molecular formula is C19H17ClN2O2. The summed E-state index contributed by atoms with van der Waals surface area (Å²) >= 11 is 6.21. The van der Waals surface area contributed by atoms with Gasteiger partial charge in [-0.3, -0.25) is 9.78 Å². The predicted molar refractivity (Wildman–Crippen MR) is 93.1 cm³/mol. The average Bonchev–Trinajstić information content (AvgIpc) is 3.38. The third-order valence-corrected chi connectivity index (χ3v) is 4.76. The van der Waals surface area contributed by atoms with E-state index in [-0.39, 0.29) is 11.9 Å². The summed E-state index contributed by atoms with van der Waals surface area (Å²) in [6, 6.07) is 9.74. The van der Waals surface area contributed by atoms with Crippen molar-refractivity contribution in [2.45, 2.75) is 32.4 Å². The van der Waals surface area contributed by atoms with Crippen molar-refractivity contribution >= 4 is 28.5 Å². The van der Waals surface area contributed by atoms with Crippen LogP contribution in [0.3, 0.4) is 0 Å². The standard InChI is InChI=1S/C19H17ClN2O2/c1-12-15-3-2-4-16(20)18(15)24-17(12)19(23)22(14-5-6-14)11-13-7-9-21-10-8-13/h2-4,7-10,14H,5-6,11H2,1H3. The smallest absolute Gasteiger partial charge is 0.290 e. The van der Waals surface area contributed by atoms with E-state index in [1.54, 1.807) is 18.5 Å². The largest absolute Gasteiger partial charge is 0.449 e. The van der Waals surface area contributed by atoms with Crippen LogP contribution in [0, 0.1) is 6.92 Å². The Labute approximate surface area is 145 Å². The highest BCUT2D eigenvalue weighted by atomic mass is 35.5. The minimum atomic E-state index is -0.0703. The van der Waals surface area contributed by atoms with Gasteiger partial charge in [-0.25, -0.2) is 0 Å². The van der Waals surface area contributed by atoms with Crippen LogP contribution in [0.5, 0.6) is 0 Å². The number of furan rings is 1. The van der Waals surface area contributed by atoms with E-state index in [1.807, 2.05) is 36.1 Å². The fourth-order valence-corrected chi connectivity index (χ4v) is 3.19. The molecule has 0 spiro atoms. The number of amides is 1. The van der Waals surface area contributed by atoms with Gasteiger partial charge in [-0.1, -0.05) is 23.7 Å². The number of rotatable bonds is 4. The van der Waals surface area contributed by atoms with Crippen molar-refractivity contribution < 1.29 is 9.21 Å². The molecule has 1 saturated carbocycles. The predicted octanol–water partition coefficient (Wildman–Crippen LogP) is 4.59. The number of nitrogens with zero attached hydrogens (tertiary/aromatic N) is 2. The first-order chi connectivity index (χ1) is 11.6. The van der Waals surface area contributed by atoms with Gasteiger partial charge in [0, 0.05) is 35.9 Å². The first kappa shape index (κ1) is 15.2. The lowest BCUT2D eigenvalue weighted by atomic mass is 10.1. The van der Waals surface area contributed by atoms with Gasteiger partial charge in [0.05, 0.1) is 5.02 Å². The molecule has 1 amide bonds. The first-order valence-electron chi connectivity index (χ1n) is 8.02. The Balaban J connectivity index is 1.70. The number of aryl methyl sites for hydroxylation is 1. The van der Waals surface area contributed by atoms with E-state index in [9.17, 15) is 4.79 Å². The molecule has 3 aromatic rings. The number of carbonyl (C=O) groups is 1. The van der Waals surface area contributed by atoms with Crippen LogP contribution in [-0.4, -0.2) is 21.8 Å². The molecule has 24 heavy (non-hydrogen) atoms. The first-order valence-corrected chi connectivity index (χ1v) is 8.40. The Hall–Kier alpha value is -2.33. The van der Waals surface area contributed by atoms with Gasteiger partial charge in [-0.15, -0.1) is 0 Å². The summed E-state index contributed by atoms with van der Waals surface area (Å²) in [7, 11) is 0. The quantitative estimate of drug-likeness (QED) is 0.697. The van der Waals surface area contributed by atoms with Crippen LogP contribution in [0.4, 0.5) is 0 Å². The summed E-state index contributed by atoms with van der Waals surface area (Å²) in [6.07, 6.45) is 5.57. The maximum atomic E-state index is 13.1. The number of fused-ring (bicyclic) bond motifs is 1. The Bertz CT molecular complexity index is 900. The average molecular weight is 341 g/mol. The van der Waals surface area contributed by atoms with Crippen molar-refractivity contribution in [3.63, 3.8) is 0 Å². The van der Waals surface area contributed by atoms with E-state index in [4.69, 9.17) is 16.0 Å². The lowest BCUT2D eigenvalue weighted by Gasteiger charge is -2.21. The van der Waals surface area contributed by atoms with Gasteiger partial charge in [0.15, 0.2) is 11.3 Å². The molecule has 2 aromatic heterocycles. The van der Waals surface area contributed by atoms with Crippen molar-refractivity contribution in [1.82, 2.24) is 9.88 Å². The molecule has 0 saturated heterocycles. The zero-order valence-electron chi connectivity index (χ0n) is 13.3. The van der Waals surface area contributed by atoms with E-state index < -0.39 is 0 Å². The van der Waals surface area contributed by atoms with E-state index >= 15 is 0 Å². The van der Waals surface area contributed by atoms with Crippen LogP contribution in [0.1, 0.15) is 34.5 Å². The van der Waals surface area contributed by atoms with Gasteiger partial charge >= 0.3 is 0 Å². The zero-order valence-corrected chi connectivity index (χ0v) is 14.1. The van der Waals surface area contributed by atoms with Crippen molar-refractivity contribution in [1.29, 1.82) is 0 Å². The molecule has 4 rings (SSSR count). The van der Waals surface area contributed by atoms with E-state index in [0.29, 0.717) is 22.9 Å². The number of aromatic nitrogens is 1. The monoisotopic (exact) mass is 340 g/mol. The summed E-state index contributed by atoms with van der Waals surface area (Å²) in [6.45, 7) is 2.48. The lowest BCUT2D eigenvalue weighted by molar-refractivity contribution is 0.0699.